The fraction of sp³-hybridized carbons (Fsp3) is 0.533. The first-order valence-corrected chi connectivity index (χ1v) is 6.85. The molecule has 2 atom stereocenters. The third-order valence-corrected chi connectivity index (χ3v) is 4.13. The molecule has 0 bridgehead atoms. The summed E-state index contributed by atoms with van der Waals surface area (Å²) in [4.78, 5) is 14.0. The Balaban J connectivity index is 1.89. The Morgan fingerprint density at radius 3 is 3.06 bits per heavy atom. The predicted octanol–water partition coefficient (Wildman–Crippen LogP) is 2.02. The van der Waals surface area contributed by atoms with Gasteiger partial charge in [-0.25, -0.2) is 0 Å². The monoisotopic (exact) mass is 244 g/mol. The van der Waals surface area contributed by atoms with E-state index in [1.54, 1.807) is 0 Å². The van der Waals surface area contributed by atoms with Crippen LogP contribution in [0.3, 0.4) is 0 Å². The van der Waals surface area contributed by atoms with Crippen molar-refractivity contribution in [3.63, 3.8) is 0 Å². The Bertz CT molecular complexity index is 458. The molecule has 3 rings (SSSR count). The van der Waals surface area contributed by atoms with E-state index in [0.717, 1.165) is 19.4 Å². The number of benzene rings is 1. The number of piperazine rings is 1. The van der Waals surface area contributed by atoms with Gasteiger partial charge in [0.05, 0.1) is 18.6 Å². The van der Waals surface area contributed by atoms with Gasteiger partial charge in [0.2, 0.25) is 5.91 Å². The zero-order valence-corrected chi connectivity index (χ0v) is 10.9. The molecule has 0 aliphatic carbocycles. The second kappa shape index (κ2) is 4.73. The Labute approximate surface area is 108 Å². The number of nitrogens with one attached hydrogen (secondary N) is 1. The van der Waals surface area contributed by atoms with Gasteiger partial charge in [-0.1, -0.05) is 29.8 Å². The average Bonchev–Trinajstić information content (AvgIpc) is 2.39. The molecule has 1 N–H and O–H groups in total. The van der Waals surface area contributed by atoms with Crippen LogP contribution < -0.4 is 5.32 Å². The molecule has 1 aromatic rings. The standard InChI is InChI=1S/C15H20N2O/c1-11-5-4-6-12(9-11)15-13-7-2-3-8-17(13)14(18)10-16-15/h4-6,9,13,15-16H,2-3,7-8,10H2,1H3. The molecule has 2 aliphatic heterocycles. The average molecular weight is 244 g/mol. The number of fused-ring (bicyclic) bond motifs is 1. The molecular formula is C15H20N2O. The van der Waals surface area contributed by atoms with Crippen LogP contribution in [-0.2, 0) is 4.79 Å². The molecule has 18 heavy (non-hydrogen) atoms. The number of aryl methyl sites for hydroxylation is 1. The number of piperidine rings is 1. The maximum Gasteiger partial charge on any atom is 0.236 e. The molecule has 0 radical (unpaired) electrons. The highest BCUT2D eigenvalue weighted by atomic mass is 16.2. The number of hydrogen-bond donors (Lipinski definition) is 1. The normalized spacial score (nSPS) is 28.1. The zero-order valence-electron chi connectivity index (χ0n) is 10.9. The SMILES string of the molecule is Cc1cccc(C2NCC(=O)N3CCCCC23)c1. The third kappa shape index (κ3) is 2.03. The van der Waals surface area contributed by atoms with Gasteiger partial charge < -0.3 is 4.90 Å². The van der Waals surface area contributed by atoms with Gasteiger partial charge in [0.1, 0.15) is 0 Å². The molecule has 2 saturated heterocycles. The Hall–Kier alpha value is -1.35. The quantitative estimate of drug-likeness (QED) is 0.819. The van der Waals surface area contributed by atoms with E-state index in [4.69, 9.17) is 0 Å². The summed E-state index contributed by atoms with van der Waals surface area (Å²) in [5.74, 6) is 0.267. The van der Waals surface area contributed by atoms with Gasteiger partial charge in [0.15, 0.2) is 0 Å². The summed E-state index contributed by atoms with van der Waals surface area (Å²) >= 11 is 0. The van der Waals surface area contributed by atoms with Crippen molar-refractivity contribution < 1.29 is 4.79 Å². The molecule has 96 valence electrons. The maximum atomic E-state index is 11.9. The minimum Gasteiger partial charge on any atom is -0.337 e. The zero-order chi connectivity index (χ0) is 12.5. The summed E-state index contributed by atoms with van der Waals surface area (Å²) in [7, 11) is 0. The molecule has 2 fully saturated rings. The smallest absolute Gasteiger partial charge is 0.236 e. The first-order valence-electron chi connectivity index (χ1n) is 6.85. The van der Waals surface area contributed by atoms with E-state index in [2.05, 4.69) is 41.4 Å². The lowest BCUT2D eigenvalue weighted by atomic mass is 9.88. The molecule has 3 nitrogen and oxygen atoms in total. The number of amides is 1. The van der Waals surface area contributed by atoms with Crippen LogP contribution in [0.1, 0.15) is 36.4 Å². The molecule has 1 amide bonds. The fourth-order valence-electron chi connectivity index (χ4n) is 3.25. The van der Waals surface area contributed by atoms with E-state index in [9.17, 15) is 4.79 Å². The molecule has 2 unspecified atom stereocenters. The number of hydrogen-bond acceptors (Lipinski definition) is 2. The maximum absolute atomic E-state index is 11.9. The molecule has 1 aromatic carbocycles. The number of rotatable bonds is 1. The van der Waals surface area contributed by atoms with E-state index in [1.807, 2.05) is 0 Å². The minimum absolute atomic E-state index is 0.267. The van der Waals surface area contributed by atoms with Gasteiger partial charge in [-0.05, 0) is 31.7 Å². The molecule has 0 saturated carbocycles. The van der Waals surface area contributed by atoms with Crippen molar-refractivity contribution >= 4 is 5.91 Å². The molecule has 3 heteroatoms. The van der Waals surface area contributed by atoms with Crippen LogP contribution in [0.25, 0.3) is 0 Å². The van der Waals surface area contributed by atoms with Gasteiger partial charge >= 0.3 is 0 Å². The lowest BCUT2D eigenvalue weighted by molar-refractivity contribution is -0.138. The Morgan fingerprint density at radius 2 is 2.22 bits per heavy atom. The van der Waals surface area contributed by atoms with Crippen LogP contribution in [-0.4, -0.2) is 29.9 Å². The fourth-order valence-corrected chi connectivity index (χ4v) is 3.25. The summed E-state index contributed by atoms with van der Waals surface area (Å²) in [6, 6.07) is 9.30. The molecule has 2 heterocycles. The topological polar surface area (TPSA) is 32.3 Å². The van der Waals surface area contributed by atoms with Crippen LogP contribution in [0.4, 0.5) is 0 Å². The van der Waals surface area contributed by atoms with Crippen molar-refractivity contribution in [2.75, 3.05) is 13.1 Å². The van der Waals surface area contributed by atoms with Crippen LogP contribution in [0, 0.1) is 6.92 Å². The lowest BCUT2D eigenvalue weighted by Gasteiger charge is -2.44. The second-order valence-corrected chi connectivity index (χ2v) is 5.42. The van der Waals surface area contributed by atoms with Crippen molar-refractivity contribution in [1.29, 1.82) is 0 Å². The number of carbonyl (C=O) groups excluding carboxylic acids is 1. The second-order valence-electron chi connectivity index (χ2n) is 5.42. The summed E-state index contributed by atoms with van der Waals surface area (Å²) in [6.45, 7) is 3.54. The largest absolute Gasteiger partial charge is 0.337 e. The van der Waals surface area contributed by atoms with E-state index in [1.165, 1.54) is 17.5 Å². The molecule has 0 spiro atoms. The highest BCUT2D eigenvalue weighted by Gasteiger charge is 2.37. The van der Waals surface area contributed by atoms with Crippen molar-refractivity contribution in [1.82, 2.24) is 10.2 Å². The first-order chi connectivity index (χ1) is 8.75. The van der Waals surface area contributed by atoms with Gasteiger partial charge in [-0.3, -0.25) is 10.1 Å². The van der Waals surface area contributed by atoms with Gasteiger partial charge in [-0.2, -0.15) is 0 Å². The first kappa shape index (κ1) is 11.7. The third-order valence-electron chi connectivity index (χ3n) is 4.13. The van der Waals surface area contributed by atoms with Crippen molar-refractivity contribution in [3.8, 4) is 0 Å². The molecule has 0 aromatic heterocycles. The Morgan fingerprint density at radius 1 is 1.33 bits per heavy atom. The number of carbonyl (C=O) groups is 1. The van der Waals surface area contributed by atoms with Crippen molar-refractivity contribution in [2.24, 2.45) is 0 Å². The summed E-state index contributed by atoms with van der Waals surface area (Å²) in [5, 5.41) is 3.42. The van der Waals surface area contributed by atoms with Crippen LogP contribution >= 0.6 is 0 Å². The van der Waals surface area contributed by atoms with Gasteiger partial charge in [-0.15, -0.1) is 0 Å². The van der Waals surface area contributed by atoms with Gasteiger partial charge in [0, 0.05) is 6.54 Å². The Kier molecular flexibility index (Phi) is 3.08. The lowest BCUT2D eigenvalue weighted by Crippen LogP contribution is -2.58. The summed E-state index contributed by atoms with van der Waals surface area (Å²) in [6.07, 6.45) is 3.51. The minimum atomic E-state index is 0.267. The molecule has 2 aliphatic rings. The van der Waals surface area contributed by atoms with E-state index < -0.39 is 0 Å². The van der Waals surface area contributed by atoms with E-state index >= 15 is 0 Å². The number of nitrogens with zero attached hydrogens (tertiary/aromatic N) is 1. The van der Waals surface area contributed by atoms with Crippen molar-refractivity contribution in [2.45, 2.75) is 38.3 Å². The highest BCUT2D eigenvalue weighted by Crippen LogP contribution is 2.31. The van der Waals surface area contributed by atoms with E-state index in [0.29, 0.717) is 18.6 Å². The molecular weight excluding hydrogens is 224 g/mol. The van der Waals surface area contributed by atoms with Crippen LogP contribution in [0.15, 0.2) is 24.3 Å². The summed E-state index contributed by atoms with van der Waals surface area (Å²) < 4.78 is 0. The predicted molar refractivity (Wildman–Crippen MR) is 71.3 cm³/mol. The van der Waals surface area contributed by atoms with Crippen molar-refractivity contribution in [3.05, 3.63) is 35.4 Å². The summed E-state index contributed by atoms with van der Waals surface area (Å²) in [5.41, 5.74) is 2.60. The van der Waals surface area contributed by atoms with E-state index in [-0.39, 0.29) is 5.91 Å². The highest BCUT2D eigenvalue weighted by molar-refractivity contribution is 5.79. The van der Waals surface area contributed by atoms with Crippen LogP contribution in [0.2, 0.25) is 0 Å². The van der Waals surface area contributed by atoms with Gasteiger partial charge in [0.25, 0.3) is 0 Å². The van der Waals surface area contributed by atoms with Crippen LogP contribution in [0.5, 0.6) is 0 Å².